The van der Waals surface area contributed by atoms with Gasteiger partial charge >= 0.3 is 5.97 Å². The molecule has 0 bridgehead atoms. The summed E-state index contributed by atoms with van der Waals surface area (Å²) < 4.78 is 4.96. The SMILES string of the molecule is C=C/C=C(\C=C/C)COC(=O)CCN. The van der Waals surface area contributed by atoms with Gasteiger partial charge in [-0.25, -0.2) is 0 Å². The van der Waals surface area contributed by atoms with Crippen LogP contribution in [0.3, 0.4) is 0 Å². The average Bonchev–Trinajstić information content (AvgIpc) is 2.15. The maximum atomic E-state index is 11.0. The fourth-order valence-corrected chi connectivity index (χ4v) is 0.871. The Morgan fingerprint density at radius 3 is 2.79 bits per heavy atom. The lowest BCUT2D eigenvalue weighted by Gasteiger charge is -2.03. The number of nitrogens with two attached hydrogens (primary N) is 1. The molecule has 0 atom stereocenters. The zero-order chi connectivity index (χ0) is 10.8. The van der Waals surface area contributed by atoms with Gasteiger partial charge in [-0.3, -0.25) is 4.79 Å². The number of ether oxygens (including phenoxy) is 1. The lowest BCUT2D eigenvalue weighted by molar-refractivity contribution is -0.142. The molecular formula is C11H17NO2. The van der Waals surface area contributed by atoms with Crippen LogP contribution in [0.15, 0.2) is 36.5 Å². The summed E-state index contributed by atoms with van der Waals surface area (Å²) in [5.41, 5.74) is 6.12. The van der Waals surface area contributed by atoms with Crippen molar-refractivity contribution in [2.75, 3.05) is 13.2 Å². The molecule has 0 unspecified atom stereocenters. The monoisotopic (exact) mass is 195 g/mol. The summed E-state index contributed by atoms with van der Waals surface area (Å²) >= 11 is 0. The Bertz CT molecular complexity index is 242. The molecule has 0 aliphatic carbocycles. The Morgan fingerprint density at radius 2 is 2.29 bits per heavy atom. The second-order valence-electron chi connectivity index (χ2n) is 2.68. The molecule has 0 radical (unpaired) electrons. The smallest absolute Gasteiger partial charge is 0.307 e. The van der Waals surface area contributed by atoms with E-state index in [9.17, 15) is 4.79 Å². The van der Waals surface area contributed by atoms with Crippen LogP contribution in [-0.4, -0.2) is 19.1 Å². The van der Waals surface area contributed by atoms with Crippen molar-refractivity contribution in [3.05, 3.63) is 36.5 Å². The van der Waals surface area contributed by atoms with Crippen molar-refractivity contribution >= 4 is 5.97 Å². The van der Waals surface area contributed by atoms with Crippen LogP contribution < -0.4 is 5.73 Å². The summed E-state index contributed by atoms with van der Waals surface area (Å²) in [5, 5.41) is 0. The van der Waals surface area contributed by atoms with Gasteiger partial charge in [0.1, 0.15) is 6.61 Å². The fraction of sp³-hybridized carbons (Fsp3) is 0.364. The molecule has 0 amide bonds. The van der Waals surface area contributed by atoms with E-state index in [-0.39, 0.29) is 19.0 Å². The molecule has 0 saturated heterocycles. The highest BCUT2D eigenvalue weighted by Crippen LogP contribution is 1.99. The van der Waals surface area contributed by atoms with Gasteiger partial charge < -0.3 is 10.5 Å². The highest BCUT2D eigenvalue weighted by atomic mass is 16.5. The van der Waals surface area contributed by atoms with Crippen LogP contribution in [0, 0.1) is 0 Å². The molecule has 78 valence electrons. The first-order valence-corrected chi connectivity index (χ1v) is 4.54. The topological polar surface area (TPSA) is 52.3 Å². The third kappa shape index (κ3) is 6.20. The van der Waals surface area contributed by atoms with Gasteiger partial charge in [0.25, 0.3) is 0 Å². The van der Waals surface area contributed by atoms with Gasteiger partial charge in [-0.2, -0.15) is 0 Å². The summed E-state index contributed by atoms with van der Waals surface area (Å²) in [4.78, 5) is 11.0. The molecule has 0 spiro atoms. The predicted octanol–water partition coefficient (Wildman–Crippen LogP) is 1.57. The first kappa shape index (κ1) is 12.7. The van der Waals surface area contributed by atoms with Gasteiger partial charge in [0.2, 0.25) is 0 Å². The molecular weight excluding hydrogens is 178 g/mol. The van der Waals surface area contributed by atoms with Gasteiger partial charge in [-0.05, 0) is 12.5 Å². The van der Waals surface area contributed by atoms with Gasteiger partial charge in [0.05, 0.1) is 6.42 Å². The molecule has 0 rings (SSSR count). The quantitative estimate of drug-likeness (QED) is 0.517. The molecule has 14 heavy (non-hydrogen) atoms. The Morgan fingerprint density at radius 1 is 1.57 bits per heavy atom. The minimum absolute atomic E-state index is 0.261. The highest BCUT2D eigenvalue weighted by molar-refractivity contribution is 5.69. The second-order valence-corrected chi connectivity index (χ2v) is 2.68. The van der Waals surface area contributed by atoms with E-state index in [2.05, 4.69) is 6.58 Å². The molecule has 0 aromatic carbocycles. The van der Waals surface area contributed by atoms with E-state index >= 15 is 0 Å². The highest BCUT2D eigenvalue weighted by Gasteiger charge is 2.00. The standard InChI is InChI=1S/C11H17NO2/c1-3-5-10(6-4-2)9-14-11(13)7-8-12/h3-6H,1,7-9,12H2,2H3/b6-4-,10-5+. The largest absolute Gasteiger partial charge is 0.461 e. The Hall–Kier alpha value is -1.35. The van der Waals surface area contributed by atoms with Crippen LogP contribution in [0.5, 0.6) is 0 Å². The average molecular weight is 195 g/mol. The fourth-order valence-electron chi connectivity index (χ4n) is 0.871. The normalized spacial score (nSPS) is 11.7. The number of allylic oxidation sites excluding steroid dienone is 3. The molecule has 3 nitrogen and oxygen atoms in total. The van der Waals surface area contributed by atoms with Crippen LogP contribution in [0.4, 0.5) is 0 Å². The second kappa shape index (κ2) is 8.26. The summed E-state index contributed by atoms with van der Waals surface area (Å²) in [6.45, 7) is 6.07. The van der Waals surface area contributed by atoms with Gasteiger partial charge in [-0.15, -0.1) is 0 Å². The van der Waals surface area contributed by atoms with E-state index in [1.54, 1.807) is 12.2 Å². The number of carbonyl (C=O) groups excluding carboxylic acids is 1. The maximum Gasteiger partial charge on any atom is 0.307 e. The van der Waals surface area contributed by atoms with E-state index in [0.717, 1.165) is 5.57 Å². The minimum atomic E-state index is -0.271. The Kier molecular flexibility index (Phi) is 7.46. The van der Waals surface area contributed by atoms with Gasteiger partial charge in [0, 0.05) is 6.54 Å². The molecule has 2 N–H and O–H groups in total. The molecule has 0 fully saturated rings. The van der Waals surface area contributed by atoms with E-state index in [4.69, 9.17) is 10.5 Å². The minimum Gasteiger partial charge on any atom is -0.461 e. The molecule has 3 heteroatoms. The Balaban J connectivity index is 4.00. The van der Waals surface area contributed by atoms with E-state index in [1.165, 1.54) is 0 Å². The third-order valence-corrected chi connectivity index (χ3v) is 1.46. The van der Waals surface area contributed by atoms with Crippen LogP contribution >= 0.6 is 0 Å². The zero-order valence-electron chi connectivity index (χ0n) is 8.53. The van der Waals surface area contributed by atoms with Crippen LogP contribution in [0.25, 0.3) is 0 Å². The summed E-state index contributed by atoms with van der Waals surface area (Å²) in [7, 11) is 0. The maximum absolute atomic E-state index is 11.0. The van der Waals surface area contributed by atoms with Crippen molar-refractivity contribution in [2.45, 2.75) is 13.3 Å². The van der Waals surface area contributed by atoms with E-state index in [0.29, 0.717) is 6.54 Å². The van der Waals surface area contributed by atoms with Crippen molar-refractivity contribution in [1.29, 1.82) is 0 Å². The lowest BCUT2D eigenvalue weighted by atomic mass is 10.2. The van der Waals surface area contributed by atoms with Crippen molar-refractivity contribution in [3.8, 4) is 0 Å². The van der Waals surface area contributed by atoms with Crippen molar-refractivity contribution in [3.63, 3.8) is 0 Å². The molecule has 0 aromatic rings. The molecule has 0 aromatic heterocycles. The zero-order valence-corrected chi connectivity index (χ0v) is 8.53. The summed E-state index contributed by atoms with van der Waals surface area (Å²) in [5.74, 6) is -0.271. The van der Waals surface area contributed by atoms with Gasteiger partial charge in [-0.1, -0.05) is 30.9 Å². The number of carbonyl (C=O) groups is 1. The number of hydrogen-bond donors (Lipinski definition) is 1. The van der Waals surface area contributed by atoms with Crippen LogP contribution in [-0.2, 0) is 9.53 Å². The number of esters is 1. The van der Waals surface area contributed by atoms with Crippen molar-refractivity contribution in [1.82, 2.24) is 0 Å². The summed E-state index contributed by atoms with van der Waals surface area (Å²) in [6, 6.07) is 0. The van der Waals surface area contributed by atoms with E-state index < -0.39 is 0 Å². The molecule has 0 aliphatic heterocycles. The van der Waals surface area contributed by atoms with E-state index in [1.807, 2.05) is 19.1 Å². The Labute approximate surface area is 84.9 Å². The van der Waals surface area contributed by atoms with Crippen molar-refractivity contribution < 1.29 is 9.53 Å². The first-order chi connectivity index (χ1) is 6.74. The van der Waals surface area contributed by atoms with Gasteiger partial charge in [0.15, 0.2) is 0 Å². The van der Waals surface area contributed by atoms with Crippen LogP contribution in [0.1, 0.15) is 13.3 Å². The van der Waals surface area contributed by atoms with Crippen LogP contribution in [0.2, 0.25) is 0 Å². The molecule has 0 saturated carbocycles. The molecule has 0 aliphatic rings. The van der Waals surface area contributed by atoms with Crippen molar-refractivity contribution in [2.24, 2.45) is 5.73 Å². The number of hydrogen-bond acceptors (Lipinski definition) is 3. The number of rotatable bonds is 6. The predicted molar refractivity (Wildman–Crippen MR) is 57.7 cm³/mol. The molecule has 0 heterocycles. The lowest BCUT2D eigenvalue weighted by Crippen LogP contribution is -2.12. The third-order valence-electron chi connectivity index (χ3n) is 1.46. The first-order valence-electron chi connectivity index (χ1n) is 4.54. The summed E-state index contributed by atoms with van der Waals surface area (Å²) in [6.07, 6.45) is 7.47.